The quantitative estimate of drug-likeness (QED) is 0.444. The zero-order chi connectivity index (χ0) is 23.0. The van der Waals surface area contributed by atoms with Gasteiger partial charge in [0.15, 0.2) is 5.78 Å². The minimum Gasteiger partial charge on any atom is -0.378 e. The Bertz CT molecular complexity index is 1150. The molecule has 1 aromatic heterocycles. The molecule has 0 radical (unpaired) electrons. The molecule has 1 amide bonds. The Hall–Kier alpha value is -3.84. The summed E-state index contributed by atoms with van der Waals surface area (Å²) in [5, 5.41) is 2.77. The van der Waals surface area contributed by atoms with Gasteiger partial charge in [-0.2, -0.15) is 0 Å². The fourth-order valence-electron chi connectivity index (χ4n) is 3.58. The minimum atomic E-state index is -0.279. The molecule has 3 aromatic rings. The Labute approximate surface area is 193 Å². The fourth-order valence-corrected chi connectivity index (χ4v) is 3.58. The number of hydrogen-bond donors (Lipinski definition) is 1. The third kappa shape index (κ3) is 6.33. The van der Waals surface area contributed by atoms with Gasteiger partial charge in [-0.25, -0.2) is 9.97 Å². The zero-order valence-corrected chi connectivity index (χ0v) is 18.5. The van der Waals surface area contributed by atoms with Crippen molar-refractivity contribution in [3.05, 3.63) is 89.3 Å². The van der Waals surface area contributed by atoms with Crippen molar-refractivity contribution in [2.45, 2.75) is 13.3 Å². The SMILES string of the molecule is Cc1cccc(C(=O)Cc2cccc(/C=C/C(=O)Nc3cnc(N4CCOCC4)nc3)c2)c1. The predicted molar refractivity (Wildman–Crippen MR) is 128 cm³/mol. The highest BCUT2D eigenvalue weighted by atomic mass is 16.5. The summed E-state index contributed by atoms with van der Waals surface area (Å²) in [5.41, 5.74) is 4.04. The highest BCUT2D eigenvalue weighted by Crippen LogP contribution is 2.14. The summed E-state index contributed by atoms with van der Waals surface area (Å²) in [6.45, 7) is 4.80. The molecule has 1 aliphatic rings. The van der Waals surface area contributed by atoms with Crippen LogP contribution in [-0.2, 0) is 16.0 Å². The Morgan fingerprint density at radius 2 is 1.82 bits per heavy atom. The summed E-state index contributed by atoms with van der Waals surface area (Å²) >= 11 is 0. The second-order valence-corrected chi connectivity index (χ2v) is 7.91. The molecule has 1 saturated heterocycles. The van der Waals surface area contributed by atoms with E-state index in [1.165, 1.54) is 6.08 Å². The number of hydrogen-bond acceptors (Lipinski definition) is 6. The third-order valence-corrected chi connectivity index (χ3v) is 5.28. The maximum absolute atomic E-state index is 12.6. The van der Waals surface area contributed by atoms with Gasteiger partial charge in [0.05, 0.1) is 31.3 Å². The van der Waals surface area contributed by atoms with Crippen LogP contribution in [0.25, 0.3) is 6.08 Å². The molecule has 0 unspecified atom stereocenters. The number of ketones is 1. The molecule has 1 N–H and O–H groups in total. The number of nitrogens with one attached hydrogen (secondary N) is 1. The van der Waals surface area contributed by atoms with Gasteiger partial charge in [-0.3, -0.25) is 9.59 Å². The van der Waals surface area contributed by atoms with Gasteiger partial charge in [-0.15, -0.1) is 0 Å². The van der Waals surface area contributed by atoms with Crippen LogP contribution in [0.2, 0.25) is 0 Å². The van der Waals surface area contributed by atoms with Gasteiger partial charge in [0, 0.05) is 31.1 Å². The van der Waals surface area contributed by atoms with Crippen LogP contribution < -0.4 is 10.2 Å². The molecule has 7 heteroatoms. The first-order valence-corrected chi connectivity index (χ1v) is 10.9. The first-order chi connectivity index (χ1) is 16.1. The lowest BCUT2D eigenvalue weighted by Crippen LogP contribution is -2.37. The van der Waals surface area contributed by atoms with E-state index in [1.54, 1.807) is 18.5 Å². The Kier molecular flexibility index (Phi) is 7.22. The van der Waals surface area contributed by atoms with Gasteiger partial charge in [-0.05, 0) is 30.2 Å². The van der Waals surface area contributed by atoms with Crippen molar-refractivity contribution < 1.29 is 14.3 Å². The average molecular weight is 443 g/mol. The number of carbonyl (C=O) groups is 2. The lowest BCUT2D eigenvalue weighted by atomic mass is 10.00. The Morgan fingerprint density at radius 3 is 2.58 bits per heavy atom. The third-order valence-electron chi connectivity index (χ3n) is 5.28. The van der Waals surface area contributed by atoms with Crippen molar-refractivity contribution in [3.8, 4) is 0 Å². The van der Waals surface area contributed by atoms with E-state index in [0.717, 1.165) is 29.8 Å². The molecule has 0 spiro atoms. The molecule has 0 bridgehead atoms. The second kappa shape index (κ2) is 10.7. The molecule has 1 fully saturated rings. The zero-order valence-electron chi connectivity index (χ0n) is 18.5. The van der Waals surface area contributed by atoms with Crippen LogP contribution in [0.1, 0.15) is 27.0 Å². The summed E-state index contributed by atoms with van der Waals surface area (Å²) in [6.07, 6.45) is 6.68. The standard InChI is InChI=1S/C26H26N4O3/c1-19-4-2-7-22(14-19)24(31)16-21-6-3-5-20(15-21)8-9-25(32)29-23-17-27-26(28-18-23)30-10-12-33-13-11-30/h2-9,14-15,17-18H,10-13,16H2,1H3,(H,29,32)/b9-8+. The van der Waals surface area contributed by atoms with Crippen LogP contribution in [0.3, 0.4) is 0 Å². The Balaban J connectivity index is 1.34. The average Bonchev–Trinajstić information content (AvgIpc) is 2.84. The minimum absolute atomic E-state index is 0.0677. The molecule has 0 saturated carbocycles. The number of amides is 1. The van der Waals surface area contributed by atoms with Gasteiger partial charge in [0.25, 0.3) is 0 Å². The van der Waals surface area contributed by atoms with Crippen molar-refractivity contribution in [1.82, 2.24) is 9.97 Å². The van der Waals surface area contributed by atoms with Crippen molar-refractivity contribution in [1.29, 1.82) is 0 Å². The van der Waals surface area contributed by atoms with Gasteiger partial charge in [0.1, 0.15) is 0 Å². The number of morpholine rings is 1. The maximum atomic E-state index is 12.6. The monoisotopic (exact) mass is 442 g/mol. The van der Waals surface area contributed by atoms with E-state index >= 15 is 0 Å². The van der Waals surface area contributed by atoms with Crippen LogP contribution >= 0.6 is 0 Å². The molecule has 2 heterocycles. The number of rotatable bonds is 7. The van der Waals surface area contributed by atoms with E-state index in [2.05, 4.69) is 15.3 Å². The topological polar surface area (TPSA) is 84.4 Å². The molecule has 7 nitrogen and oxygen atoms in total. The van der Waals surface area contributed by atoms with E-state index in [-0.39, 0.29) is 11.7 Å². The van der Waals surface area contributed by atoms with E-state index in [0.29, 0.717) is 36.8 Å². The molecule has 0 aliphatic carbocycles. The predicted octanol–water partition coefficient (Wildman–Crippen LogP) is 3.70. The van der Waals surface area contributed by atoms with Crippen molar-refractivity contribution in [3.63, 3.8) is 0 Å². The van der Waals surface area contributed by atoms with Gasteiger partial charge < -0.3 is 15.0 Å². The Morgan fingerprint density at radius 1 is 1.06 bits per heavy atom. The molecular formula is C26H26N4O3. The van der Waals surface area contributed by atoms with E-state index in [9.17, 15) is 9.59 Å². The molecule has 0 atom stereocenters. The first-order valence-electron chi connectivity index (χ1n) is 10.9. The van der Waals surface area contributed by atoms with Crippen molar-refractivity contribution >= 4 is 29.4 Å². The van der Waals surface area contributed by atoms with Crippen LogP contribution in [0.5, 0.6) is 0 Å². The molecule has 1 aliphatic heterocycles. The molecule has 4 rings (SSSR count). The van der Waals surface area contributed by atoms with E-state index < -0.39 is 0 Å². The largest absolute Gasteiger partial charge is 0.378 e. The van der Waals surface area contributed by atoms with Gasteiger partial charge in [0.2, 0.25) is 11.9 Å². The number of benzene rings is 2. The highest BCUT2D eigenvalue weighted by Gasteiger charge is 2.13. The number of aromatic nitrogens is 2. The number of carbonyl (C=O) groups excluding carboxylic acids is 2. The van der Waals surface area contributed by atoms with Crippen LogP contribution in [-0.4, -0.2) is 48.0 Å². The summed E-state index contributed by atoms with van der Waals surface area (Å²) in [5.74, 6) is 0.418. The number of anilines is 2. The fraction of sp³-hybridized carbons (Fsp3) is 0.231. The lowest BCUT2D eigenvalue weighted by Gasteiger charge is -2.26. The first kappa shape index (κ1) is 22.4. The van der Waals surface area contributed by atoms with Crippen LogP contribution in [0.15, 0.2) is 67.0 Å². The van der Waals surface area contributed by atoms with E-state index in [1.807, 2.05) is 60.4 Å². The van der Waals surface area contributed by atoms with Crippen LogP contribution in [0, 0.1) is 6.92 Å². The smallest absolute Gasteiger partial charge is 0.248 e. The summed E-state index contributed by atoms with van der Waals surface area (Å²) in [6, 6.07) is 15.2. The summed E-state index contributed by atoms with van der Waals surface area (Å²) in [4.78, 5) is 35.6. The van der Waals surface area contributed by atoms with Gasteiger partial charge >= 0.3 is 0 Å². The number of Topliss-reactive ketones (excluding diaryl/α,β-unsaturated/α-hetero) is 1. The summed E-state index contributed by atoms with van der Waals surface area (Å²) < 4.78 is 5.33. The van der Waals surface area contributed by atoms with Crippen molar-refractivity contribution in [2.24, 2.45) is 0 Å². The highest BCUT2D eigenvalue weighted by molar-refractivity contribution is 6.02. The molecule has 2 aromatic carbocycles. The van der Waals surface area contributed by atoms with E-state index in [4.69, 9.17) is 4.74 Å². The van der Waals surface area contributed by atoms with Gasteiger partial charge in [-0.1, -0.05) is 48.0 Å². The molecule has 33 heavy (non-hydrogen) atoms. The maximum Gasteiger partial charge on any atom is 0.248 e. The molecule has 168 valence electrons. The number of ether oxygens (including phenoxy) is 1. The lowest BCUT2D eigenvalue weighted by molar-refractivity contribution is -0.111. The normalized spacial score (nSPS) is 13.8. The number of nitrogens with zero attached hydrogens (tertiary/aromatic N) is 3. The number of aryl methyl sites for hydroxylation is 1. The van der Waals surface area contributed by atoms with Crippen LogP contribution in [0.4, 0.5) is 11.6 Å². The second-order valence-electron chi connectivity index (χ2n) is 7.91. The molecular weight excluding hydrogens is 416 g/mol. The van der Waals surface area contributed by atoms with Crippen molar-refractivity contribution in [2.75, 3.05) is 36.5 Å². The summed E-state index contributed by atoms with van der Waals surface area (Å²) in [7, 11) is 0.